The Morgan fingerprint density at radius 1 is 1.06 bits per heavy atom. The van der Waals surface area contributed by atoms with E-state index in [9.17, 15) is 41.0 Å². The van der Waals surface area contributed by atoms with E-state index in [2.05, 4.69) is 20.4 Å². The highest BCUT2D eigenvalue weighted by Crippen LogP contribution is 2.39. The van der Waals surface area contributed by atoms with Crippen LogP contribution in [0.3, 0.4) is 0 Å². The number of aliphatic imine (C=N–C) groups is 1. The molecular formula is C30H31F6N5O6. The van der Waals surface area contributed by atoms with Crippen LogP contribution in [0.4, 0.5) is 35.9 Å². The molecule has 2 amide bonds. The molecule has 11 nitrogen and oxygen atoms in total. The normalized spacial score (nSPS) is 15.9. The van der Waals surface area contributed by atoms with Gasteiger partial charge in [-0.25, -0.2) is 9.59 Å². The highest BCUT2D eigenvalue weighted by molar-refractivity contribution is 5.98. The molecule has 1 atom stereocenters. The lowest BCUT2D eigenvalue weighted by atomic mass is 10.1. The minimum absolute atomic E-state index is 0.0414. The number of aromatic nitrogens is 2. The average molecular weight is 672 g/mol. The molecular weight excluding hydrogens is 640 g/mol. The Balaban J connectivity index is 1.48. The number of ether oxygens (including phenoxy) is 2. The fourth-order valence-electron chi connectivity index (χ4n) is 4.73. The van der Waals surface area contributed by atoms with Crippen LogP contribution in [0.15, 0.2) is 52.0 Å². The van der Waals surface area contributed by atoms with Gasteiger partial charge in [0, 0.05) is 12.1 Å². The van der Waals surface area contributed by atoms with E-state index in [0.717, 1.165) is 24.3 Å². The maximum absolute atomic E-state index is 14.0. The molecule has 2 N–H and O–H groups in total. The third-order valence-electron chi connectivity index (χ3n) is 6.75. The van der Waals surface area contributed by atoms with Crippen molar-refractivity contribution < 1.29 is 55.0 Å². The summed E-state index contributed by atoms with van der Waals surface area (Å²) < 4.78 is 96.2. The summed E-state index contributed by atoms with van der Waals surface area (Å²) in [5.74, 6) is -1.02. The molecule has 1 aliphatic rings. The minimum Gasteiger partial charge on any atom is -0.493 e. The summed E-state index contributed by atoms with van der Waals surface area (Å²) in [5, 5.41) is 15.2. The lowest BCUT2D eigenvalue weighted by molar-refractivity contribution is -0.139. The number of carbonyl (C=O) groups is 2. The highest BCUT2D eigenvalue weighted by Gasteiger charge is 2.37. The van der Waals surface area contributed by atoms with E-state index >= 15 is 0 Å². The van der Waals surface area contributed by atoms with Gasteiger partial charge in [0.25, 0.3) is 0 Å². The van der Waals surface area contributed by atoms with Gasteiger partial charge in [0.05, 0.1) is 17.7 Å². The summed E-state index contributed by atoms with van der Waals surface area (Å²) in [5.41, 5.74) is -2.26. The zero-order valence-corrected chi connectivity index (χ0v) is 25.4. The van der Waals surface area contributed by atoms with Crippen LogP contribution in [0.5, 0.6) is 5.75 Å². The van der Waals surface area contributed by atoms with E-state index in [0.29, 0.717) is 18.4 Å². The van der Waals surface area contributed by atoms with Crippen LogP contribution < -0.4 is 10.1 Å². The quantitative estimate of drug-likeness (QED) is 0.113. The Kier molecular flexibility index (Phi) is 10.3. The first-order valence-electron chi connectivity index (χ1n) is 14.3. The van der Waals surface area contributed by atoms with E-state index in [4.69, 9.17) is 14.0 Å². The van der Waals surface area contributed by atoms with E-state index in [-0.39, 0.29) is 49.2 Å². The summed E-state index contributed by atoms with van der Waals surface area (Å²) >= 11 is 0. The van der Waals surface area contributed by atoms with Crippen molar-refractivity contribution >= 4 is 18.1 Å². The van der Waals surface area contributed by atoms with Crippen molar-refractivity contribution in [2.45, 2.75) is 70.4 Å². The van der Waals surface area contributed by atoms with Gasteiger partial charge in [0.2, 0.25) is 17.7 Å². The van der Waals surface area contributed by atoms with Crippen molar-refractivity contribution in [1.82, 2.24) is 20.4 Å². The summed E-state index contributed by atoms with van der Waals surface area (Å²) in [6.45, 7) is 4.94. The molecule has 0 bridgehead atoms. The lowest BCUT2D eigenvalue weighted by Crippen LogP contribution is -2.44. The lowest BCUT2D eigenvalue weighted by Gasteiger charge is -2.25. The number of likely N-dealkylation sites (tertiary alicyclic amines) is 1. The van der Waals surface area contributed by atoms with Crippen molar-refractivity contribution in [2.75, 3.05) is 13.2 Å². The van der Waals surface area contributed by atoms with Gasteiger partial charge in [-0.3, -0.25) is 5.32 Å². The number of rotatable bonds is 7. The Morgan fingerprint density at radius 3 is 2.38 bits per heavy atom. The predicted octanol–water partition coefficient (Wildman–Crippen LogP) is 7.48. The molecule has 2 aromatic carbocycles. The van der Waals surface area contributed by atoms with E-state index in [1.165, 1.54) is 23.1 Å². The molecule has 1 saturated heterocycles. The zero-order chi connectivity index (χ0) is 34.6. The van der Waals surface area contributed by atoms with Gasteiger partial charge in [0.15, 0.2) is 0 Å². The number of carbonyl (C=O) groups excluding carboxylic acids is 1. The van der Waals surface area contributed by atoms with Crippen molar-refractivity contribution in [3.8, 4) is 17.1 Å². The standard InChI is InChI=1S/C30H31F6N5O6/c1-28(2,3)46-27(44)39-25(38-26(42)43)41-14-4-7-21(41)24-37-23(40-47-24)18-10-13-22(20(16-18)30(34,35)36)45-15-5-6-17-8-11-19(12-9-17)29(31,32)33/h8-13,16,21H,4-7,14-15H2,1-3H3,(H,42,43)(H,38,39,44). The van der Waals surface area contributed by atoms with Gasteiger partial charge >= 0.3 is 24.5 Å². The van der Waals surface area contributed by atoms with Crippen LogP contribution in [0.2, 0.25) is 0 Å². The number of benzene rings is 2. The van der Waals surface area contributed by atoms with Gasteiger partial charge in [-0.2, -0.15) is 31.3 Å². The highest BCUT2D eigenvalue weighted by atomic mass is 19.4. The first-order valence-corrected chi connectivity index (χ1v) is 14.3. The van der Waals surface area contributed by atoms with Crippen molar-refractivity contribution in [3.05, 3.63) is 65.0 Å². The van der Waals surface area contributed by atoms with E-state index in [1.807, 2.05) is 0 Å². The topological polar surface area (TPSA) is 139 Å². The van der Waals surface area contributed by atoms with Gasteiger partial charge in [0.1, 0.15) is 17.4 Å². The second kappa shape index (κ2) is 13.9. The number of hydrogen-bond donors (Lipinski definition) is 2. The first kappa shape index (κ1) is 35.0. The van der Waals surface area contributed by atoms with Crippen LogP contribution in [-0.4, -0.2) is 57.0 Å². The molecule has 1 unspecified atom stereocenters. The molecule has 3 aromatic rings. The molecule has 0 aliphatic carbocycles. The number of alkyl halides is 6. The van der Waals surface area contributed by atoms with Crippen LogP contribution in [0.1, 0.15) is 68.7 Å². The minimum atomic E-state index is -4.82. The fourth-order valence-corrected chi connectivity index (χ4v) is 4.73. The molecule has 17 heteroatoms. The first-order chi connectivity index (χ1) is 21.9. The summed E-state index contributed by atoms with van der Waals surface area (Å²) in [4.78, 5) is 33.2. The number of hydrogen-bond acceptors (Lipinski definition) is 7. The van der Waals surface area contributed by atoms with E-state index in [1.54, 1.807) is 20.8 Å². The monoisotopic (exact) mass is 671 g/mol. The Morgan fingerprint density at radius 2 is 1.77 bits per heavy atom. The third-order valence-corrected chi connectivity index (χ3v) is 6.75. The molecule has 1 fully saturated rings. The van der Waals surface area contributed by atoms with Gasteiger partial charge in [-0.15, -0.1) is 4.99 Å². The van der Waals surface area contributed by atoms with Gasteiger partial charge < -0.3 is 24.0 Å². The molecule has 4 rings (SSSR count). The van der Waals surface area contributed by atoms with E-state index < -0.39 is 53.1 Å². The number of nitrogens with zero attached hydrogens (tertiary/aromatic N) is 4. The molecule has 1 aliphatic heterocycles. The number of halogens is 6. The molecule has 0 saturated carbocycles. The molecule has 254 valence electrons. The summed E-state index contributed by atoms with van der Waals surface area (Å²) in [7, 11) is 0. The van der Waals surface area contributed by atoms with Crippen LogP contribution in [-0.2, 0) is 23.5 Å². The molecule has 47 heavy (non-hydrogen) atoms. The summed E-state index contributed by atoms with van der Waals surface area (Å²) in [6, 6.07) is 6.95. The average Bonchev–Trinajstić information content (AvgIpc) is 3.63. The van der Waals surface area contributed by atoms with Gasteiger partial charge in [-0.05, 0) is 82.3 Å². The SMILES string of the molecule is CC(C)(C)OC(=O)N=C(NC(=O)O)N1CCCC1c1nc(-c2ccc(OCCCc3ccc(C(F)(F)F)cc3)c(C(F)(F)F)c2)no1. The molecule has 2 heterocycles. The van der Waals surface area contributed by atoms with Crippen LogP contribution in [0, 0.1) is 0 Å². The fraction of sp³-hybridized carbons (Fsp3) is 0.433. The van der Waals surface area contributed by atoms with Crippen molar-refractivity contribution in [2.24, 2.45) is 4.99 Å². The maximum atomic E-state index is 14.0. The largest absolute Gasteiger partial charge is 0.493 e. The molecule has 0 radical (unpaired) electrons. The molecule has 0 spiro atoms. The Hall–Kier alpha value is -4.83. The predicted molar refractivity (Wildman–Crippen MR) is 154 cm³/mol. The molecule has 1 aromatic heterocycles. The summed E-state index contributed by atoms with van der Waals surface area (Å²) in [6.07, 6.45) is -10.4. The number of guanidine groups is 1. The Bertz CT molecular complexity index is 1600. The number of amides is 2. The third kappa shape index (κ3) is 9.59. The van der Waals surface area contributed by atoms with Crippen LogP contribution in [0.25, 0.3) is 11.4 Å². The maximum Gasteiger partial charge on any atom is 0.437 e. The van der Waals surface area contributed by atoms with Gasteiger partial charge in [-0.1, -0.05) is 17.3 Å². The van der Waals surface area contributed by atoms with Crippen molar-refractivity contribution in [3.63, 3.8) is 0 Å². The number of aryl methyl sites for hydroxylation is 1. The smallest absolute Gasteiger partial charge is 0.437 e. The number of nitrogens with one attached hydrogen (secondary N) is 1. The number of carboxylic acid groups (broad SMARTS) is 1. The Labute approximate surface area is 264 Å². The second-order valence-electron chi connectivity index (χ2n) is 11.5. The van der Waals surface area contributed by atoms with Crippen molar-refractivity contribution in [1.29, 1.82) is 0 Å². The zero-order valence-electron chi connectivity index (χ0n) is 25.4. The van der Waals surface area contributed by atoms with Crippen LogP contribution >= 0.6 is 0 Å². The second-order valence-corrected chi connectivity index (χ2v) is 11.5.